The van der Waals surface area contributed by atoms with Crippen LogP contribution >= 0.6 is 11.8 Å². The third kappa shape index (κ3) is 2.58. The zero-order valence-corrected chi connectivity index (χ0v) is 10.7. The summed E-state index contributed by atoms with van der Waals surface area (Å²) in [5, 5.41) is 9.19. The highest BCUT2D eigenvalue weighted by atomic mass is 32.2. The van der Waals surface area contributed by atoms with Crippen molar-refractivity contribution in [2.75, 3.05) is 12.0 Å². The van der Waals surface area contributed by atoms with E-state index < -0.39 is 0 Å². The SMILES string of the molecule is CSc1cccc(Oc2cccc(N)c2)c1C#N. The molecule has 0 aliphatic rings. The van der Waals surface area contributed by atoms with Crippen molar-refractivity contribution in [3.63, 3.8) is 0 Å². The quantitative estimate of drug-likeness (QED) is 0.672. The lowest BCUT2D eigenvalue weighted by Gasteiger charge is -2.09. The zero-order chi connectivity index (χ0) is 13.0. The molecule has 90 valence electrons. The minimum Gasteiger partial charge on any atom is -0.456 e. The van der Waals surface area contributed by atoms with Crippen LogP contribution in [0.3, 0.4) is 0 Å². The summed E-state index contributed by atoms with van der Waals surface area (Å²) in [5.41, 5.74) is 6.87. The van der Waals surface area contributed by atoms with Crippen LogP contribution < -0.4 is 10.5 Å². The second kappa shape index (κ2) is 5.48. The molecule has 2 aromatic carbocycles. The molecule has 0 spiro atoms. The van der Waals surface area contributed by atoms with E-state index in [1.807, 2.05) is 30.5 Å². The lowest BCUT2D eigenvalue weighted by atomic mass is 10.2. The Morgan fingerprint density at radius 3 is 2.67 bits per heavy atom. The van der Waals surface area contributed by atoms with Gasteiger partial charge in [-0.25, -0.2) is 0 Å². The summed E-state index contributed by atoms with van der Waals surface area (Å²) >= 11 is 1.52. The van der Waals surface area contributed by atoms with Crippen molar-refractivity contribution in [2.24, 2.45) is 0 Å². The fourth-order valence-corrected chi connectivity index (χ4v) is 2.15. The van der Waals surface area contributed by atoms with Gasteiger partial charge in [0.05, 0.1) is 0 Å². The fourth-order valence-electron chi connectivity index (χ4n) is 1.58. The minimum absolute atomic E-state index is 0.549. The summed E-state index contributed by atoms with van der Waals surface area (Å²) in [6, 6.07) is 14.9. The van der Waals surface area contributed by atoms with E-state index in [9.17, 15) is 5.26 Å². The molecule has 0 radical (unpaired) electrons. The number of hydrogen-bond donors (Lipinski definition) is 1. The van der Waals surface area contributed by atoms with Crippen molar-refractivity contribution in [3.05, 3.63) is 48.0 Å². The number of nitrogens with zero attached hydrogens (tertiary/aromatic N) is 1. The predicted molar refractivity (Wildman–Crippen MR) is 73.9 cm³/mol. The first-order valence-electron chi connectivity index (χ1n) is 5.35. The third-order valence-electron chi connectivity index (χ3n) is 2.41. The molecule has 0 atom stereocenters. The Bertz CT molecular complexity index is 605. The topological polar surface area (TPSA) is 59.0 Å². The number of nitrogens with two attached hydrogens (primary N) is 1. The van der Waals surface area contributed by atoms with Gasteiger partial charge >= 0.3 is 0 Å². The van der Waals surface area contributed by atoms with Crippen molar-refractivity contribution >= 4 is 17.4 Å². The van der Waals surface area contributed by atoms with E-state index in [4.69, 9.17) is 10.5 Å². The first kappa shape index (κ1) is 12.3. The fraction of sp³-hybridized carbons (Fsp3) is 0.0714. The van der Waals surface area contributed by atoms with Crippen LogP contribution in [0.15, 0.2) is 47.4 Å². The number of nitriles is 1. The standard InChI is InChI=1S/C14H12N2OS/c1-18-14-7-3-6-13(12(14)9-15)17-11-5-2-4-10(16)8-11/h2-8H,16H2,1H3. The Morgan fingerprint density at radius 1 is 1.22 bits per heavy atom. The van der Waals surface area contributed by atoms with Crippen molar-refractivity contribution in [1.82, 2.24) is 0 Å². The largest absolute Gasteiger partial charge is 0.456 e. The number of nitrogen functional groups attached to an aromatic ring is 1. The summed E-state index contributed by atoms with van der Waals surface area (Å²) in [6.07, 6.45) is 1.93. The molecule has 18 heavy (non-hydrogen) atoms. The van der Waals surface area contributed by atoms with Gasteiger partial charge in [0.15, 0.2) is 0 Å². The highest BCUT2D eigenvalue weighted by Gasteiger charge is 2.09. The Labute approximate surface area is 110 Å². The molecule has 0 unspecified atom stereocenters. The van der Waals surface area contributed by atoms with Crippen LogP contribution in [0.5, 0.6) is 11.5 Å². The van der Waals surface area contributed by atoms with E-state index in [2.05, 4.69) is 6.07 Å². The summed E-state index contributed by atoms with van der Waals surface area (Å²) in [6.45, 7) is 0. The first-order valence-corrected chi connectivity index (χ1v) is 6.57. The molecule has 0 saturated heterocycles. The van der Waals surface area contributed by atoms with Gasteiger partial charge < -0.3 is 10.5 Å². The molecule has 0 aromatic heterocycles. The van der Waals surface area contributed by atoms with Crippen molar-refractivity contribution in [1.29, 1.82) is 5.26 Å². The van der Waals surface area contributed by atoms with Crippen LogP contribution in [0.2, 0.25) is 0 Å². The molecule has 4 heteroatoms. The van der Waals surface area contributed by atoms with Gasteiger partial charge in [-0.15, -0.1) is 11.8 Å². The van der Waals surface area contributed by atoms with Gasteiger partial charge in [0.2, 0.25) is 0 Å². The van der Waals surface area contributed by atoms with Crippen LogP contribution in [0.4, 0.5) is 5.69 Å². The molecular weight excluding hydrogens is 244 g/mol. The highest BCUT2D eigenvalue weighted by molar-refractivity contribution is 7.98. The van der Waals surface area contributed by atoms with Crippen LogP contribution in [0, 0.1) is 11.3 Å². The van der Waals surface area contributed by atoms with E-state index in [0.717, 1.165) is 4.90 Å². The molecule has 0 aliphatic carbocycles. The van der Waals surface area contributed by atoms with E-state index in [0.29, 0.717) is 22.7 Å². The van der Waals surface area contributed by atoms with Crippen molar-refractivity contribution < 1.29 is 4.74 Å². The zero-order valence-electron chi connectivity index (χ0n) is 9.88. The predicted octanol–water partition coefficient (Wildman–Crippen LogP) is 3.65. The van der Waals surface area contributed by atoms with E-state index in [1.165, 1.54) is 11.8 Å². The summed E-state index contributed by atoms with van der Waals surface area (Å²) in [4.78, 5) is 0.902. The van der Waals surface area contributed by atoms with Gasteiger partial charge in [0, 0.05) is 16.6 Å². The molecule has 0 heterocycles. The van der Waals surface area contributed by atoms with E-state index in [-0.39, 0.29) is 0 Å². The van der Waals surface area contributed by atoms with Crippen LogP contribution in [0.1, 0.15) is 5.56 Å². The number of rotatable bonds is 3. The van der Waals surface area contributed by atoms with Crippen molar-refractivity contribution in [2.45, 2.75) is 4.90 Å². The maximum Gasteiger partial charge on any atom is 0.146 e. The van der Waals surface area contributed by atoms with Crippen LogP contribution in [-0.4, -0.2) is 6.26 Å². The van der Waals surface area contributed by atoms with E-state index in [1.54, 1.807) is 18.2 Å². The number of anilines is 1. The molecule has 0 saturated carbocycles. The molecule has 0 fully saturated rings. The summed E-state index contributed by atoms with van der Waals surface area (Å²) < 4.78 is 5.71. The molecule has 3 nitrogen and oxygen atoms in total. The Balaban J connectivity index is 2.38. The number of hydrogen-bond acceptors (Lipinski definition) is 4. The minimum atomic E-state index is 0.549. The maximum absolute atomic E-state index is 9.19. The van der Waals surface area contributed by atoms with E-state index >= 15 is 0 Å². The van der Waals surface area contributed by atoms with Gasteiger partial charge in [-0.05, 0) is 30.5 Å². The molecule has 0 aliphatic heterocycles. The maximum atomic E-state index is 9.19. The first-order chi connectivity index (χ1) is 8.74. The van der Waals surface area contributed by atoms with Gasteiger partial charge in [-0.1, -0.05) is 12.1 Å². The second-order valence-corrected chi connectivity index (χ2v) is 4.47. The smallest absolute Gasteiger partial charge is 0.146 e. The normalized spacial score (nSPS) is 9.78. The Hall–Kier alpha value is -2.12. The number of ether oxygens (including phenoxy) is 1. The van der Waals surface area contributed by atoms with Gasteiger partial charge in [-0.3, -0.25) is 0 Å². The average Bonchev–Trinajstić information content (AvgIpc) is 2.38. The molecule has 2 rings (SSSR count). The summed E-state index contributed by atoms with van der Waals surface area (Å²) in [5.74, 6) is 1.18. The molecular formula is C14H12N2OS. The number of benzene rings is 2. The molecule has 2 N–H and O–H groups in total. The average molecular weight is 256 g/mol. The van der Waals surface area contributed by atoms with Gasteiger partial charge in [0.1, 0.15) is 23.1 Å². The molecule has 2 aromatic rings. The second-order valence-electron chi connectivity index (χ2n) is 3.62. The number of thioether (sulfide) groups is 1. The lowest BCUT2D eigenvalue weighted by molar-refractivity contribution is 0.480. The monoisotopic (exact) mass is 256 g/mol. The van der Waals surface area contributed by atoms with Gasteiger partial charge in [-0.2, -0.15) is 5.26 Å². The van der Waals surface area contributed by atoms with Crippen LogP contribution in [-0.2, 0) is 0 Å². The van der Waals surface area contributed by atoms with Crippen molar-refractivity contribution in [3.8, 4) is 17.6 Å². The van der Waals surface area contributed by atoms with Gasteiger partial charge in [0.25, 0.3) is 0 Å². The third-order valence-corrected chi connectivity index (χ3v) is 3.19. The summed E-state index contributed by atoms with van der Waals surface area (Å²) in [7, 11) is 0. The highest BCUT2D eigenvalue weighted by Crippen LogP contribution is 2.31. The van der Waals surface area contributed by atoms with Crippen LogP contribution in [0.25, 0.3) is 0 Å². The molecule has 0 amide bonds. The Kier molecular flexibility index (Phi) is 3.75. The lowest BCUT2D eigenvalue weighted by Crippen LogP contribution is -1.91. The Morgan fingerprint density at radius 2 is 2.00 bits per heavy atom. The molecule has 0 bridgehead atoms.